The molecule has 2 fully saturated rings. The van der Waals surface area contributed by atoms with E-state index in [4.69, 9.17) is 40.0 Å². The van der Waals surface area contributed by atoms with Crippen LogP contribution in [0, 0.1) is 20.2 Å². The standard InChI is InChI=1S/C37H43ClN8O14/c1-3-4-12-30-39-34(38)31(44(30)18-23-13-15-24(16-14-23)26-10-5-6-11-27(26)35-40-42-43-41-35)36(47)57-22(2)58-37(48)59-29-21-55-32-28(20-54-33(29)32)53-17-8-7-9-25(60-46(51)52)19-56-45(49)50/h5-6,10-11,13-16,22,25,28-29,32-33H,3-4,7-9,12,17-21H2,1-2H3,(H,40,41,42,43)/t22?,25?,28-,29-,32?,33?/m1/s1. The number of carbonyl (C=O) groups is 2. The summed E-state index contributed by atoms with van der Waals surface area (Å²) >= 11 is 6.55. The number of nitrogens with zero attached hydrogens (tertiary/aromatic N) is 7. The molecule has 2 aromatic carbocycles. The molecule has 2 saturated heterocycles. The lowest BCUT2D eigenvalue weighted by Crippen LogP contribution is -2.36. The maximum absolute atomic E-state index is 13.6. The van der Waals surface area contributed by atoms with E-state index in [1.54, 1.807) is 4.57 Å². The van der Waals surface area contributed by atoms with Gasteiger partial charge < -0.3 is 42.7 Å². The molecule has 6 rings (SSSR count). The van der Waals surface area contributed by atoms with Crippen molar-refractivity contribution in [3.05, 3.63) is 91.0 Å². The molecule has 4 aromatic rings. The molecule has 2 aliphatic heterocycles. The highest BCUT2D eigenvalue weighted by Gasteiger charge is 2.50. The van der Waals surface area contributed by atoms with Gasteiger partial charge in [0.15, 0.2) is 17.0 Å². The van der Waals surface area contributed by atoms with Gasteiger partial charge >= 0.3 is 12.1 Å². The van der Waals surface area contributed by atoms with Crippen molar-refractivity contribution in [1.82, 2.24) is 30.2 Å². The molecular formula is C37H43ClN8O14. The maximum atomic E-state index is 13.6. The number of esters is 1. The maximum Gasteiger partial charge on any atom is 0.511 e. The molecule has 2 aromatic heterocycles. The predicted octanol–water partition coefficient (Wildman–Crippen LogP) is 4.94. The number of ether oxygens (including phenoxy) is 6. The Labute approximate surface area is 346 Å². The number of rotatable bonds is 22. The van der Waals surface area contributed by atoms with Crippen LogP contribution in [0.2, 0.25) is 5.15 Å². The van der Waals surface area contributed by atoms with Crippen molar-refractivity contribution in [2.75, 3.05) is 26.4 Å². The van der Waals surface area contributed by atoms with Crippen LogP contribution in [0.4, 0.5) is 4.79 Å². The number of tetrazole rings is 1. The van der Waals surface area contributed by atoms with E-state index in [-0.39, 0.29) is 43.6 Å². The summed E-state index contributed by atoms with van der Waals surface area (Å²) < 4.78 is 35.5. The van der Waals surface area contributed by atoms with Gasteiger partial charge in [-0.25, -0.2) is 14.6 Å². The topological polar surface area (TPSA) is 267 Å². The summed E-state index contributed by atoms with van der Waals surface area (Å²) in [5.74, 6) is 0.215. The molecule has 322 valence electrons. The molecular weight excluding hydrogens is 816 g/mol. The molecule has 4 heterocycles. The Balaban J connectivity index is 0.997. The summed E-state index contributed by atoms with van der Waals surface area (Å²) in [4.78, 5) is 60.6. The monoisotopic (exact) mass is 858 g/mol. The zero-order chi connectivity index (χ0) is 42.6. The first-order valence-electron chi connectivity index (χ1n) is 19.2. The lowest BCUT2D eigenvalue weighted by molar-refractivity contribution is -0.790. The van der Waals surface area contributed by atoms with Gasteiger partial charge in [-0.05, 0) is 47.6 Å². The average Bonchev–Trinajstić information content (AvgIpc) is 4.03. The van der Waals surface area contributed by atoms with Gasteiger partial charge in [0.1, 0.15) is 36.8 Å². The third-order valence-corrected chi connectivity index (χ3v) is 9.93. The Bertz CT molecular complexity index is 2070. The summed E-state index contributed by atoms with van der Waals surface area (Å²) in [5.41, 5.74) is 3.52. The Morgan fingerprint density at radius 2 is 1.72 bits per heavy atom. The van der Waals surface area contributed by atoms with Crippen LogP contribution in [0.5, 0.6) is 0 Å². The Morgan fingerprint density at radius 1 is 0.983 bits per heavy atom. The van der Waals surface area contributed by atoms with Crippen molar-refractivity contribution < 1.29 is 57.9 Å². The summed E-state index contributed by atoms with van der Waals surface area (Å²) in [7, 11) is 0. The number of nitrogens with one attached hydrogen (secondary N) is 1. The third kappa shape index (κ3) is 11.4. The second-order valence-corrected chi connectivity index (χ2v) is 14.2. The van der Waals surface area contributed by atoms with Crippen LogP contribution in [-0.2, 0) is 51.1 Å². The molecule has 0 spiro atoms. The molecule has 0 bridgehead atoms. The molecule has 60 heavy (non-hydrogen) atoms. The van der Waals surface area contributed by atoms with Crippen molar-refractivity contribution in [2.24, 2.45) is 0 Å². The molecule has 22 nitrogen and oxygen atoms in total. The third-order valence-electron chi connectivity index (χ3n) is 9.67. The second-order valence-electron chi connectivity index (χ2n) is 13.8. The van der Waals surface area contributed by atoms with Crippen LogP contribution in [0.25, 0.3) is 22.5 Å². The number of H-pyrrole nitrogens is 1. The van der Waals surface area contributed by atoms with E-state index in [0.29, 0.717) is 30.9 Å². The van der Waals surface area contributed by atoms with Crippen molar-refractivity contribution >= 4 is 23.7 Å². The fourth-order valence-corrected chi connectivity index (χ4v) is 7.14. The van der Waals surface area contributed by atoms with E-state index in [9.17, 15) is 29.8 Å². The molecule has 2 aliphatic rings. The number of benzene rings is 2. The molecule has 23 heteroatoms. The Morgan fingerprint density at radius 3 is 2.42 bits per heavy atom. The minimum atomic E-state index is -1.37. The van der Waals surface area contributed by atoms with Crippen molar-refractivity contribution in [3.8, 4) is 22.5 Å². The van der Waals surface area contributed by atoms with Crippen LogP contribution in [-0.4, -0.2) is 116 Å². The molecule has 1 N–H and O–H groups in total. The molecule has 4 unspecified atom stereocenters. The van der Waals surface area contributed by atoms with Gasteiger partial charge in [-0.1, -0.05) is 73.5 Å². The number of aromatic nitrogens is 6. The summed E-state index contributed by atoms with van der Waals surface area (Å²) in [6, 6.07) is 15.5. The normalized spacial score (nSPS) is 19.2. The van der Waals surface area contributed by atoms with E-state index in [1.807, 2.05) is 55.5 Å². The molecule has 6 atom stereocenters. The molecule has 0 aliphatic carbocycles. The van der Waals surface area contributed by atoms with Gasteiger partial charge in [0.25, 0.3) is 10.2 Å². The van der Waals surface area contributed by atoms with E-state index in [1.165, 1.54) is 6.92 Å². The number of carbonyl (C=O) groups excluding carboxylic acids is 2. The Hall–Kier alpha value is -5.97. The SMILES string of the molecule is CCCCc1nc(Cl)c(C(=O)OC(C)OC(=O)O[C@@H]2COC3C2OC[C@H]3OCCCCC(CO[N+](=O)[O-])O[N+](=O)[O-])n1Cc1ccc(-c2ccccc2-c2nn[nH]n2)cc1. The highest BCUT2D eigenvalue weighted by atomic mass is 35.5. The van der Waals surface area contributed by atoms with Crippen LogP contribution < -0.4 is 0 Å². The minimum absolute atomic E-state index is 0.00353. The van der Waals surface area contributed by atoms with Crippen LogP contribution in [0.1, 0.15) is 67.8 Å². The van der Waals surface area contributed by atoms with Crippen LogP contribution in [0.3, 0.4) is 0 Å². The largest absolute Gasteiger partial charge is 0.511 e. The van der Waals surface area contributed by atoms with Gasteiger partial charge in [-0.2, -0.15) is 5.21 Å². The molecule has 0 amide bonds. The summed E-state index contributed by atoms with van der Waals surface area (Å²) in [6.07, 6.45) is -2.90. The zero-order valence-electron chi connectivity index (χ0n) is 32.6. The molecule has 0 radical (unpaired) electrons. The minimum Gasteiger partial charge on any atom is -0.426 e. The number of halogens is 1. The number of aromatic amines is 1. The first-order valence-corrected chi connectivity index (χ1v) is 19.6. The first-order chi connectivity index (χ1) is 29.0. The van der Waals surface area contributed by atoms with Crippen molar-refractivity contribution in [2.45, 2.75) is 95.7 Å². The van der Waals surface area contributed by atoms with Crippen molar-refractivity contribution in [1.29, 1.82) is 0 Å². The van der Waals surface area contributed by atoms with Crippen molar-refractivity contribution in [3.63, 3.8) is 0 Å². The fourth-order valence-electron chi connectivity index (χ4n) is 6.87. The lowest BCUT2D eigenvalue weighted by atomic mass is 9.98. The van der Waals surface area contributed by atoms with Gasteiger partial charge in [0.05, 0.1) is 13.2 Å². The van der Waals surface area contributed by atoms with E-state index < -0.39 is 65.7 Å². The van der Waals surface area contributed by atoms with Crippen LogP contribution in [0.15, 0.2) is 48.5 Å². The van der Waals surface area contributed by atoms with E-state index >= 15 is 0 Å². The number of unbranched alkanes of at least 4 members (excludes halogenated alkanes) is 2. The van der Waals surface area contributed by atoms with Gasteiger partial charge in [0.2, 0.25) is 12.1 Å². The number of hydrogen-bond acceptors (Lipinski definition) is 18. The molecule has 0 saturated carbocycles. The van der Waals surface area contributed by atoms with Gasteiger partial charge in [0, 0.05) is 32.1 Å². The number of imidazole rings is 1. The Kier molecular flexibility index (Phi) is 15.1. The quantitative estimate of drug-likeness (QED) is 0.0360. The number of fused-ring (bicyclic) bond motifs is 1. The summed E-state index contributed by atoms with van der Waals surface area (Å²) in [5, 5.41) is 33.4. The lowest BCUT2D eigenvalue weighted by Gasteiger charge is -2.19. The first kappa shape index (κ1) is 43.6. The van der Waals surface area contributed by atoms with Gasteiger partial charge in [-0.3, -0.25) is 0 Å². The highest BCUT2D eigenvalue weighted by Crippen LogP contribution is 2.32. The number of hydrogen-bond donors (Lipinski definition) is 1. The van der Waals surface area contributed by atoms with E-state index in [2.05, 4.69) is 35.3 Å². The highest BCUT2D eigenvalue weighted by molar-refractivity contribution is 6.32. The zero-order valence-corrected chi connectivity index (χ0v) is 33.3. The summed E-state index contributed by atoms with van der Waals surface area (Å²) in [6.45, 7) is 3.46. The number of aryl methyl sites for hydroxylation is 1. The fraction of sp³-hybridized carbons (Fsp3) is 0.514. The average molecular weight is 859 g/mol. The van der Waals surface area contributed by atoms with Crippen LogP contribution >= 0.6 is 11.6 Å². The van der Waals surface area contributed by atoms with Gasteiger partial charge in [-0.15, -0.1) is 30.4 Å². The van der Waals surface area contributed by atoms with E-state index in [0.717, 1.165) is 35.1 Å². The second kappa shape index (κ2) is 20.8. The predicted molar refractivity (Wildman–Crippen MR) is 204 cm³/mol. The smallest absolute Gasteiger partial charge is 0.426 e.